The van der Waals surface area contributed by atoms with Gasteiger partial charge in [-0.05, 0) is 86.0 Å². The fourth-order valence-electron chi connectivity index (χ4n) is 9.78. The molecule has 0 aliphatic heterocycles. The van der Waals surface area contributed by atoms with E-state index in [9.17, 15) is 0 Å². The van der Waals surface area contributed by atoms with E-state index in [0.29, 0.717) is 17.6 Å². The van der Waals surface area contributed by atoms with Crippen LogP contribution >= 0.6 is 0 Å². The van der Waals surface area contributed by atoms with Gasteiger partial charge < -0.3 is 0 Å². The second kappa shape index (κ2) is 14.5. The minimum absolute atomic E-state index is 0.435. The molecule has 12 rings (SSSR count). The van der Waals surface area contributed by atoms with E-state index in [1.54, 1.807) is 0 Å². The zero-order valence-corrected chi connectivity index (χ0v) is 33.7. The minimum atomic E-state index is -0.435. The van der Waals surface area contributed by atoms with Gasteiger partial charge in [0.25, 0.3) is 0 Å². The third-order valence-corrected chi connectivity index (χ3v) is 12.5. The molecule has 0 radical (unpaired) electrons. The number of nitrogens with zero attached hydrogens (tertiary/aromatic N) is 4. The predicted octanol–water partition coefficient (Wildman–Crippen LogP) is 14.0. The van der Waals surface area contributed by atoms with Crippen molar-refractivity contribution in [1.82, 2.24) is 19.5 Å². The van der Waals surface area contributed by atoms with E-state index in [1.807, 2.05) is 24.3 Å². The van der Waals surface area contributed by atoms with Gasteiger partial charge in [0.2, 0.25) is 5.95 Å². The molecule has 11 aromatic rings. The van der Waals surface area contributed by atoms with E-state index in [-0.39, 0.29) is 0 Å². The molecule has 9 aromatic carbocycles. The summed E-state index contributed by atoms with van der Waals surface area (Å²) in [7, 11) is 0. The third kappa shape index (κ3) is 5.65. The Morgan fingerprint density at radius 1 is 0.306 bits per heavy atom. The summed E-state index contributed by atoms with van der Waals surface area (Å²) in [5.41, 5.74) is 15.7. The summed E-state index contributed by atoms with van der Waals surface area (Å²) < 4.78 is 2.19. The lowest BCUT2D eigenvalue weighted by atomic mass is 9.67. The summed E-state index contributed by atoms with van der Waals surface area (Å²) in [6.07, 6.45) is 0. The molecule has 0 spiro atoms. The Morgan fingerprint density at radius 2 is 0.823 bits per heavy atom. The van der Waals surface area contributed by atoms with E-state index in [1.165, 1.54) is 38.9 Å². The molecule has 0 unspecified atom stereocenters. The largest absolute Gasteiger partial charge is 0.278 e. The first kappa shape index (κ1) is 35.7. The van der Waals surface area contributed by atoms with Gasteiger partial charge in [0.05, 0.1) is 16.4 Å². The fourth-order valence-corrected chi connectivity index (χ4v) is 9.78. The van der Waals surface area contributed by atoms with Crippen molar-refractivity contribution in [3.63, 3.8) is 0 Å². The first-order valence-electron chi connectivity index (χ1n) is 21.1. The molecule has 0 saturated carbocycles. The highest BCUT2D eigenvalue weighted by atomic mass is 15.2. The van der Waals surface area contributed by atoms with Crippen LogP contribution < -0.4 is 0 Å². The number of fused-ring (bicyclic) bond motifs is 6. The molecule has 0 saturated heterocycles. The molecule has 0 amide bonds. The van der Waals surface area contributed by atoms with Gasteiger partial charge in [-0.2, -0.15) is 9.97 Å². The lowest BCUT2D eigenvalue weighted by molar-refractivity contribution is 0.768. The Hall–Kier alpha value is -8.21. The molecule has 1 aliphatic carbocycles. The van der Waals surface area contributed by atoms with Crippen LogP contribution in [0.1, 0.15) is 22.3 Å². The van der Waals surface area contributed by atoms with Crippen molar-refractivity contribution in [2.24, 2.45) is 0 Å². The number of rotatable bonds is 7. The maximum atomic E-state index is 5.25. The van der Waals surface area contributed by atoms with Gasteiger partial charge in [-0.3, -0.25) is 4.57 Å². The highest BCUT2D eigenvalue weighted by molar-refractivity contribution is 6.10. The van der Waals surface area contributed by atoms with Gasteiger partial charge in [0.15, 0.2) is 11.6 Å². The quantitative estimate of drug-likeness (QED) is 0.161. The van der Waals surface area contributed by atoms with Gasteiger partial charge in [-0.15, -0.1) is 0 Å². The summed E-state index contributed by atoms with van der Waals surface area (Å²) >= 11 is 0. The first-order valence-corrected chi connectivity index (χ1v) is 21.1. The maximum absolute atomic E-state index is 5.25. The zero-order valence-electron chi connectivity index (χ0n) is 33.7. The molecule has 290 valence electrons. The van der Waals surface area contributed by atoms with Crippen LogP contribution in [-0.4, -0.2) is 19.5 Å². The summed E-state index contributed by atoms with van der Waals surface area (Å²) in [6.45, 7) is 0. The van der Waals surface area contributed by atoms with Gasteiger partial charge in [-0.1, -0.05) is 200 Å². The Kier molecular flexibility index (Phi) is 8.36. The number of hydrogen-bond acceptors (Lipinski definition) is 3. The van der Waals surface area contributed by atoms with Crippen molar-refractivity contribution in [2.45, 2.75) is 5.41 Å². The molecule has 1 aliphatic rings. The second-order valence-corrected chi connectivity index (χ2v) is 16.0. The number of hydrogen-bond donors (Lipinski definition) is 0. The molecule has 4 heteroatoms. The van der Waals surface area contributed by atoms with Gasteiger partial charge >= 0.3 is 0 Å². The second-order valence-electron chi connectivity index (χ2n) is 16.0. The van der Waals surface area contributed by atoms with Crippen LogP contribution in [-0.2, 0) is 5.41 Å². The molecule has 0 N–H and O–H groups in total. The summed E-state index contributed by atoms with van der Waals surface area (Å²) in [6, 6.07) is 82.4. The molecule has 0 fully saturated rings. The Morgan fingerprint density at radius 3 is 1.56 bits per heavy atom. The smallest absolute Gasteiger partial charge is 0.238 e. The van der Waals surface area contributed by atoms with Crippen LogP contribution in [0.4, 0.5) is 0 Å². The molecular formula is C58H38N4. The van der Waals surface area contributed by atoms with Crippen LogP contribution in [0.5, 0.6) is 0 Å². The van der Waals surface area contributed by atoms with Crippen molar-refractivity contribution in [3.8, 4) is 62.1 Å². The third-order valence-electron chi connectivity index (χ3n) is 12.5. The van der Waals surface area contributed by atoms with Crippen LogP contribution in [0.3, 0.4) is 0 Å². The number of benzene rings is 9. The monoisotopic (exact) mass is 790 g/mol. The maximum Gasteiger partial charge on any atom is 0.238 e. The van der Waals surface area contributed by atoms with E-state index in [4.69, 9.17) is 15.0 Å². The fraction of sp³-hybridized carbons (Fsp3) is 0.0172. The van der Waals surface area contributed by atoms with Crippen LogP contribution in [0.25, 0.3) is 83.9 Å². The van der Waals surface area contributed by atoms with Crippen LogP contribution in [0.15, 0.2) is 231 Å². The van der Waals surface area contributed by atoms with Crippen molar-refractivity contribution >= 4 is 21.8 Å². The Bertz CT molecular complexity index is 3410. The lowest BCUT2D eigenvalue weighted by Gasteiger charge is -2.33. The van der Waals surface area contributed by atoms with Gasteiger partial charge in [-0.25, -0.2) is 4.98 Å². The summed E-state index contributed by atoms with van der Waals surface area (Å²) in [4.78, 5) is 15.5. The topological polar surface area (TPSA) is 43.6 Å². The van der Waals surface area contributed by atoms with E-state index >= 15 is 0 Å². The molecule has 0 bridgehead atoms. The van der Waals surface area contributed by atoms with Gasteiger partial charge in [0, 0.05) is 21.9 Å². The Labute approximate surface area is 360 Å². The van der Waals surface area contributed by atoms with Crippen LogP contribution in [0, 0.1) is 0 Å². The lowest BCUT2D eigenvalue weighted by Crippen LogP contribution is -2.28. The number of aromatic nitrogens is 4. The SMILES string of the molecule is c1ccc(-c2cccc(-c3nc(-c4ccccc4)nc(-n4c5ccccc5c5cc(-c6ccc7c(c6)-c6ccccc6C7(c6ccccc6)c6ccccc6)ccc54)n3)c2)cc1. The highest BCUT2D eigenvalue weighted by Crippen LogP contribution is 2.56. The van der Waals surface area contributed by atoms with E-state index in [2.05, 4.69) is 211 Å². The van der Waals surface area contributed by atoms with E-state index in [0.717, 1.165) is 49.6 Å². The van der Waals surface area contributed by atoms with E-state index < -0.39 is 5.41 Å². The molecule has 4 nitrogen and oxygen atoms in total. The molecule has 2 aromatic heterocycles. The Balaban J connectivity index is 1.03. The van der Waals surface area contributed by atoms with Crippen molar-refractivity contribution in [1.29, 1.82) is 0 Å². The zero-order chi connectivity index (χ0) is 41.0. The average molecular weight is 791 g/mol. The normalized spacial score (nSPS) is 12.6. The molecular weight excluding hydrogens is 753 g/mol. The standard InChI is InChI=1S/C58H38N4/c1-5-18-39(19-6-1)41-22-17-23-44(36-41)56-59-55(40-20-7-2-8-21-40)60-57(61-56)62-53-31-16-14-29-48(53)50-38-43(33-35-54(50)62)42-32-34-52-49(37-42)47-28-13-15-30-51(47)58(52,45-24-9-3-10-25-45)46-26-11-4-12-27-46/h1-38H. The number of para-hydroxylation sites is 1. The molecule has 62 heavy (non-hydrogen) atoms. The first-order chi connectivity index (χ1) is 30.7. The highest BCUT2D eigenvalue weighted by Gasteiger charge is 2.46. The molecule has 2 heterocycles. The van der Waals surface area contributed by atoms with Crippen molar-refractivity contribution < 1.29 is 0 Å². The van der Waals surface area contributed by atoms with Gasteiger partial charge in [0.1, 0.15) is 0 Å². The summed E-state index contributed by atoms with van der Waals surface area (Å²) in [5.74, 6) is 1.82. The van der Waals surface area contributed by atoms with Crippen LogP contribution in [0.2, 0.25) is 0 Å². The van der Waals surface area contributed by atoms with Crippen molar-refractivity contribution in [3.05, 3.63) is 253 Å². The van der Waals surface area contributed by atoms with Crippen molar-refractivity contribution in [2.75, 3.05) is 0 Å². The average Bonchev–Trinajstić information content (AvgIpc) is 3.85. The summed E-state index contributed by atoms with van der Waals surface area (Å²) in [5, 5.41) is 2.27. The molecule has 0 atom stereocenters. The predicted molar refractivity (Wildman–Crippen MR) is 253 cm³/mol. The minimum Gasteiger partial charge on any atom is -0.278 e.